The van der Waals surface area contributed by atoms with E-state index in [1.54, 1.807) is 44.3 Å². The molecular formula is C22H26ClF3N4O2. The van der Waals surface area contributed by atoms with Crippen LogP contribution in [0.3, 0.4) is 0 Å². The van der Waals surface area contributed by atoms with Gasteiger partial charge in [-0.3, -0.25) is 9.48 Å². The van der Waals surface area contributed by atoms with Crippen LogP contribution in [0.4, 0.5) is 13.3 Å². The number of allylic oxidation sites excluding steroid dienone is 1. The third-order valence-corrected chi connectivity index (χ3v) is 5.04. The van der Waals surface area contributed by atoms with Crippen molar-refractivity contribution in [3.8, 4) is 0 Å². The van der Waals surface area contributed by atoms with Crippen LogP contribution in [0, 0.1) is 0 Å². The molecule has 0 spiro atoms. The molecule has 0 fully saturated rings. The Balaban J connectivity index is 2.23. The van der Waals surface area contributed by atoms with Crippen molar-refractivity contribution in [2.45, 2.75) is 32.5 Å². The van der Waals surface area contributed by atoms with Gasteiger partial charge in [-0.15, -0.1) is 10.0 Å². The number of amides is 1. The molecule has 0 saturated heterocycles. The molecule has 2 aromatic rings. The Morgan fingerprint density at radius 3 is 2.62 bits per heavy atom. The van der Waals surface area contributed by atoms with Crippen LogP contribution in [0.15, 0.2) is 47.8 Å². The number of nitrogens with one attached hydrogen (secondary N) is 2. The largest absolute Gasteiger partial charge is 0.392 e. The van der Waals surface area contributed by atoms with Crippen molar-refractivity contribution in [3.63, 3.8) is 0 Å². The molecule has 1 aromatic carbocycles. The van der Waals surface area contributed by atoms with Crippen molar-refractivity contribution in [2.24, 2.45) is 7.05 Å². The number of carbonyl (C=O) groups excluding carboxylic acids is 1. The molecule has 0 aliphatic carbocycles. The molecule has 1 unspecified atom stereocenters. The number of hydrogen-bond acceptors (Lipinski definition) is 4. The third kappa shape index (κ3) is 7.22. The summed E-state index contributed by atoms with van der Waals surface area (Å²) < 4.78 is 41.6. The second kappa shape index (κ2) is 12.4. The van der Waals surface area contributed by atoms with Crippen LogP contribution in [0.1, 0.15) is 40.7 Å². The summed E-state index contributed by atoms with van der Waals surface area (Å²) in [6.07, 6.45) is 0.521. The highest BCUT2D eigenvalue weighted by atomic mass is 35.5. The van der Waals surface area contributed by atoms with Gasteiger partial charge < -0.3 is 10.4 Å². The van der Waals surface area contributed by atoms with E-state index in [-0.39, 0.29) is 37.3 Å². The monoisotopic (exact) mass is 470 g/mol. The fraction of sp³-hybridized carbons (Fsp3) is 0.364. The van der Waals surface area contributed by atoms with E-state index in [0.717, 1.165) is 11.1 Å². The predicted molar refractivity (Wildman–Crippen MR) is 117 cm³/mol. The average Bonchev–Trinajstić information content (AvgIpc) is 3.07. The summed E-state index contributed by atoms with van der Waals surface area (Å²) in [4.78, 5) is 12.9. The summed E-state index contributed by atoms with van der Waals surface area (Å²) in [7, 11) is 1.54. The van der Waals surface area contributed by atoms with E-state index in [0.29, 0.717) is 16.3 Å². The lowest BCUT2D eigenvalue weighted by Crippen LogP contribution is -2.28. The van der Waals surface area contributed by atoms with Gasteiger partial charge in [-0.25, -0.2) is 8.78 Å². The van der Waals surface area contributed by atoms with Crippen molar-refractivity contribution in [1.29, 1.82) is 0 Å². The van der Waals surface area contributed by atoms with Crippen LogP contribution in [0.2, 0.25) is 5.02 Å². The maximum atomic E-state index is 14.0. The first kappa shape index (κ1) is 25.6. The van der Waals surface area contributed by atoms with Gasteiger partial charge in [0.1, 0.15) is 5.83 Å². The van der Waals surface area contributed by atoms with Crippen LogP contribution in [-0.2, 0) is 19.9 Å². The van der Waals surface area contributed by atoms with Crippen LogP contribution in [0.5, 0.6) is 0 Å². The molecule has 1 aromatic heterocycles. The van der Waals surface area contributed by atoms with Crippen LogP contribution >= 0.6 is 11.6 Å². The van der Waals surface area contributed by atoms with Gasteiger partial charge in [-0.2, -0.15) is 5.10 Å². The van der Waals surface area contributed by atoms with Gasteiger partial charge in [0.2, 0.25) is 0 Å². The number of carbonyl (C=O) groups is 1. The first-order valence-corrected chi connectivity index (χ1v) is 10.4. The van der Waals surface area contributed by atoms with E-state index >= 15 is 0 Å². The Morgan fingerprint density at radius 1 is 1.34 bits per heavy atom. The van der Waals surface area contributed by atoms with Crippen molar-refractivity contribution >= 4 is 17.5 Å². The first-order valence-electron chi connectivity index (χ1n) is 9.98. The van der Waals surface area contributed by atoms with Crippen molar-refractivity contribution < 1.29 is 23.2 Å². The van der Waals surface area contributed by atoms with E-state index in [1.807, 2.05) is 0 Å². The highest BCUT2D eigenvalue weighted by Crippen LogP contribution is 2.21. The molecule has 0 radical (unpaired) electrons. The maximum absolute atomic E-state index is 14.0. The highest BCUT2D eigenvalue weighted by molar-refractivity contribution is 6.30. The summed E-state index contributed by atoms with van der Waals surface area (Å²) in [5, 5.41) is 16.6. The minimum absolute atomic E-state index is 0.0290. The van der Waals surface area contributed by atoms with Crippen LogP contribution in [-0.4, -0.2) is 40.2 Å². The number of aliphatic hydroxyl groups excluding tert-OH is 1. The molecule has 1 atom stereocenters. The minimum Gasteiger partial charge on any atom is -0.392 e. The van der Waals surface area contributed by atoms with Crippen LogP contribution < -0.4 is 10.9 Å². The number of rotatable bonds is 11. The standard InChI is InChI=1S/C22H26ClF3N4O2/c1-3-14(13-31)10-17(24)8-9-27-22(32)21-18(11-15-4-6-16(23)7-5-15)29-30(2)19(21)12-20(25)28-26/h3-7,10,20,28,31H,8-9,11-13H2,1-2H3,(H,27,32)/b14-3+,17-10+. The highest BCUT2D eigenvalue weighted by Gasteiger charge is 2.25. The Labute approximate surface area is 189 Å². The van der Waals surface area contributed by atoms with E-state index in [4.69, 9.17) is 16.7 Å². The number of aliphatic hydroxyl groups is 1. The van der Waals surface area contributed by atoms with Gasteiger partial charge in [-0.05, 0) is 36.3 Å². The molecule has 0 aliphatic rings. The predicted octanol–water partition coefficient (Wildman–Crippen LogP) is 3.89. The minimum atomic E-state index is -2.02. The fourth-order valence-electron chi connectivity index (χ4n) is 3.12. The number of nitrogens with zero attached hydrogens (tertiary/aromatic N) is 2. The zero-order valence-electron chi connectivity index (χ0n) is 17.8. The van der Waals surface area contributed by atoms with Gasteiger partial charge in [-0.1, -0.05) is 29.8 Å². The molecular weight excluding hydrogens is 445 g/mol. The molecule has 10 heteroatoms. The molecule has 32 heavy (non-hydrogen) atoms. The van der Waals surface area contributed by atoms with Gasteiger partial charge >= 0.3 is 0 Å². The Kier molecular flexibility index (Phi) is 9.96. The zero-order chi connectivity index (χ0) is 23.7. The Morgan fingerprint density at radius 2 is 2.03 bits per heavy atom. The summed E-state index contributed by atoms with van der Waals surface area (Å²) in [6, 6.07) is 6.95. The zero-order valence-corrected chi connectivity index (χ0v) is 18.6. The third-order valence-electron chi connectivity index (χ3n) is 4.79. The molecule has 6 nitrogen and oxygen atoms in total. The quantitative estimate of drug-likeness (QED) is 0.264. The summed E-state index contributed by atoms with van der Waals surface area (Å²) in [5.41, 5.74) is 2.97. The van der Waals surface area contributed by atoms with E-state index in [2.05, 4.69) is 10.4 Å². The summed E-state index contributed by atoms with van der Waals surface area (Å²) in [6.45, 7) is 1.35. The number of aryl methyl sites for hydroxylation is 1. The SMILES string of the molecule is C/C=C(\C=C(\F)CCNC(=O)c1c(Cc2ccc(Cl)cc2)nn(C)c1CC(F)NF)CO. The number of benzene rings is 1. The second-order valence-corrected chi connectivity index (χ2v) is 7.53. The van der Waals surface area contributed by atoms with Gasteiger partial charge in [0.25, 0.3) is 5.91 Å². The smallest absolute Gasteiger partial charge is 0.255 e. The summed E-state index contributed by atoms with van der Waals surface area (Å²) in [5.74, 6) is -1.07. The molecule has 174 valence electrons. The molecule has 0 bridgehead atoms. The second-order valence-electron chi connectivity index (χ2n) is 7.09. The number of aromatic nitrogens is 2. The topological polar surface area (TPSA) is 79.2 Å². The number of hydrogen-bond donors (Lipinski definition) is 3. The first-order chi connectivity index (χ1) is 15.3. The lowest BCUT2D eigenvalue weighted by atomic mass is 10.0. The van der Waals surface area contributed by atoms with Gasteiger partial charge in [0.15, 0.2) is 6.30 Å². The van der Waals surface area contributed by atoms with Gasteiger partial charge in [0, 0.05) is 37.9 Å². The maximum Gasteiger partial charge on any atom is 0.255 e. The van der Waals surface area contributed by atoms with Crippen molar-refractivity contribution in [1.82, 2.24) is 20.6 Å². The van der Waals surface area contributed by atoms with Gasteiger partial charge in [0.05, 0.1) is 23.6 Å². The Hall–Kier alpha value is -2.62. The van der Waals surface area contributed by atoms with E-state index in [1.165, 1.54) is 10.8 Å². The van der Waals surface area contributed by atoms with E-state index in [9.17, 15) is 18.1 Å². The molecule has 2 rings (SSSR count). The lowest BCUT2D eigenvalue weighted by Gasteiger charge is -2.10. The normalized spacial score (nSPS) is 13.3. The van der Waals surface area contributed by atoms with Crippen LogP contribution in [0.25, 0.3) is 0 Å². The summed E-state index contributed by atoms with van der Waals surface area (Å²) >= 11 is 5.91. The van der Waals surface area contributed by atoms with E-state index < -0.39 is 24.5 Å². The fourth-order valence-corrected chi connectivity index (χ4v) is 3.25. The molecule has 3 N–H and O–H groups in total. The molecule has 0 saturated carbocycles. The van der Waals surface area contributed by atoms with Crippen molar-refractivity contribution in [3.05, 3.63) is 75.4 Å². The molecule has 1 heterocycles. The average molecular weight is 471 g/mol. The number of halogens is 4. The molecule has 1 amide bonds. The molecule has 0 aliphatic heterocycles. The van der Waals surface area contributed by atoms with Crippen molar-refractivity contribution in [2.75, 3.05) is 13.2 Å². The Bertz CT molecular complexity index is 974. The lowest BCUT2D eigenvalue weighted by molar-refractivity contribution is 0.0950. The number of alkyl halides is 1.